The van der Waals surface area contributed by atoms with E-state index < -0.39 is 5.97 Å². The van der Waals surface area contributed by atoms with E-state index >= 15 is 0 Å². The highest BCUT2D eigenvalue weighted by Gasteiger charge is 2.12. The van der Waals surface area contributed by atoms with Crippen LogP contribution in [0.2, 0.25) is 0 Å². The van der Waals surface area contributed by atoms with Crippen LogP contribution in [0.5, 0.6) is 0 Å². The Morgan fingerprint density at radius 3 is 2.55 bits per heavy atom. The van der Waals surface area contributed by atoms with Crippen molar-refractivity contribution in [1.29, 1.82) is 0 Å². The Balaban J connectivity index is 2.45. The molecule has 0 fully saturated rings. The van der Waals surface area contributed by atoms with Crippen LogP contribution in [0.3, 0.4) is 0 Å². The summed E-state index contributed by atoms with van der Waals surface area (Å²) in [7, 11) is 0. The van der Waals surface area contributed by atoms with Gasteiger partial charge in [-0.2, -0.15) is 0 Å². The van der Waals surface area contributed by atoms with E-state index in [1.54, 1.807) is 6.07 Å². The van der Waals surface area contributed by atoms with E-state index in [0.717, 1.165) is 31.5 Å². The molecule has 0 aliphatic rings. The molecular formula is C15H25N3O2. The summed E-state index contributed by atoms with van der Waals surface area (Å²) in [4.78, 5) is 10.9. The number of hydrogen-bond acceptors (Lipinski definition) is 4. The predicted octanol–water partition coefficient (Wildman–Crippen LogP) is 2.12. The van der Waals surface area contributed by atoms with Crippen LogP contribution in [-0.2, 0) is 6.42 Å². The molecule has 112 valence electrons. The van der Waals surface area contributed by atoms with E-state index in [0.29, 0.717) is 11.6 Å². The van der Waals surface area contributed by atoms with Gasteiger partial charge in [-0.05, 0) is 49.9 Å². The maximum Gasteiger partial charge on any atom is 0.337 e. The van der Waals surface area contributed by atoms with Gasteiger partial charge >= 0.3 is 5.97 Å². The Kier molecular flexibility index (Phi) is 6.31. The van der Waals surface area contributed by atoms with E-state index in [4.69, 9.17) is 16.6 Å². The number of rotatable bonds is 8. The maximum atomic E-state index is 10.9. The highest BCUT2D eigenvalue weighted by Crippen LogP contribution is 2.25. The first kappa shape index (κ1) is 16.3. The summed E-state index contributed by atoms with van der Waals surface area (Å²) < 4.78 is 0. The summed E-state index contributed by atoms with van der Waals surface area (Å²) in [5, 5.41) is 12.3. The molecule has 0 bridgehead atoms. The van der Waals surface area contributed by atoms with Crippen molar-refractivity contribution in [2.24, 2.45) is 5.92 Å². The number of carboxylic acids is 1. The minimum Gasteiger partial charge on any atom is -0.478 e. The van der Waals surface area contributed by atoms with E-state index in [2.05, 4.69) is 19.2 Å². The van der Waals surface area contributed by atoms with Crippen molar-refractivity contribution in [3.8, 4) is 0 Å². The molecule has 0 aliphatic carbocycles. The van der Waals surface area contributed by atoms with E-state index in [-0.39, 0.29) is 11.3 Å². The van der Waals surface area contributed by atoms with Crippen LogP contribution in [0.15, 0.2) is 12.1 Å². The summed E-state index contributed by atoms with van der Waals surface area (Å²) in [5.74, 6) is -0.336. The molecule has 5 nitrogen and oxygen atoms in total. The lowest BCUT2D eigenvalue weighted by Crippen LogP contribution is -2.18. The lowest BCUT2D eigenvalue weighted by atomic mass is 10.0. The summed E-state index contributed by atoms with van der Waals surface area (Å²) in [6.07, 6.45) is 2.92. The average Bonchev–Trinajstić information content (AvgIpc) is 2.37. The Morgan fingerprint density at radius 1 is 1.25 bits per heavy atom. The fourth-order valence-electron chi connectivity index (χ4n) is 2.01. The number of hydrogen-bond donors (Lipinski definition) is 4. The molecule has 1 aromatic carbocycles. The zero-order chi connectivity index (χ0) is 15.1. The van der Waals surface area contributed by atoms with Crippen LogP contribution >= 0.6 is 0 Å². The van der Waals surface area contributed by atoms with Gasteiger partial charge in [0, 0.05) is 0 Å². The molecule has 0 aliphatic heterocycles. The van der Waals surface area contributed by atoms with E-state index in [9.17, 15) is 4.79 Å². The van der Waals surface area contributed by atoms with Gasteiger partial charge in [0.15, 0.2) is 0 Å². The minimum absolute atomic E-state index is 0.0707. The van der Waals surface area contributed by atoms with Gasteiger partial charge in [0.25, 0.3) is 0 Å². The smallest absolute Gasteiger partial charge is 0.337 e. The second-order valence-corrected chi connectivity index (χ2v) is 5.44. The Hall–Kier alpha value is -1.75. The van der Waals surface area contributed by atoms with Gasteiger partial charge in [-0.3, -0.25) is 0 Å². The number of aromatic carboxylic acids is 1. The Morgan fingerprint density at radius 2 is 1.95 bits per heavy atom. The lowest BCUT2D eigenvalue weighted by molar-refractivity contribution is 0.0698. The maximum absolute atomic E-state index is 10.9. The quantitative estimate of drug-likeness (QED) is 0.431. The van der Waals surface area contributed by atoms with Crippen molar-refractivity contribution in [3.63, 3.8) is 0 Å². The summed E-state index contributed by atoms with van der Waals surface area (Å²) in [6.45, 7) is 6.35. The summed E-state index contributed by atoms with van der Waals surface area (Å²) in [6, 6.07) is 3.28. The van der Waals surface area contributed by atoms with Crippen molar-refractivity contribution >= 4 is 17.3 Å². The lowest BCUT2D eigenvalue weighted by Gasteiger charge is -2.11. The second kappa shape index (κ2) is 7.75. The number of nitrogen functional groups attached to an aromatic ring is 2. The fourth-order valence-corrected chi connectivity index (χ4v) is 2.01. The van der Waals surface area contributed by atoms with Crippen molar-refractivity contribution in [1.82, 2.24) is 5.32 Å². The molecule has 1 rings (SSSR count). The number of carboxylic acid groups (broad SMARTS) is 1. The Bertz CT molecular complexity index is 459. The molecule has 5 heteroatoms. The van der Waals surface area contributed by atoms with Crippen LogP contribution in [-0.4, -0.2) is 24.2 Å². The summed E-state index contributed by atoms with van der Waals surface area (Å²) >= 11 is 0. The van der Waals surface area contributed by atoms with Gasteiger partial charge in [0.2, 0.25) is 0 Å². The molecule has 0 radical (unpaired) electrons. The number of nitrogens with two attached hydrogens (primary N) is 2. The topological polar surface area (TPSA) is 101 Å². The monoisotopic (exact) mass is 279 g/mol. The van der Waals surface area contributed by atoms with Crippen LogP contribution in [0.1, 0.15) is 42.6 Å². The average molecular weight is 279 g/mol. The van der Waals surface area contributed by atoms with Crippen molar-refractivity contribution < 1.29 is 9.90 Å². The van der Waals surface area contributed by atoms with Crippen LogP contribution in [0.25, 0.3) is 0 Å². The van der Waals surface area contributed by atoms with Gasteiger partial charge in [-0.15, -0.1) is 0 Å². The molecule has 1 aromatic rings. The standard InChI is InChI=1S/C15H25N3O2/c1-10(2)7-9-18-8-3-4-11-5-6-12(15(19)20)14(17)13(11)16/h5-6,10,18H,3-4,7-9,16-17H2,1-2H3,(H,19,20). The number of benzene rings is 1. The molecule has 0 amide bonds. The number of anilines is 2. The third-order valence-electron chi connectivity index (χ3n) is 3.31. The molecule has 0 aromatic heterocycles. The van der Waals surface area contributed by atoms with E-state index in [1.165, 1.54) is 12.5 Å². The van der Waals surface area contributed by atoms with Gasteiger partial charge < -0.3 is 21.9 Å². The molecule has 0 spiro atoms. The van der Waals surface area contributed by atoms with Crippen molar-refractivity contribution in [3.05, 3.63) is 23.3 Å². The highest BCUT2D eigenvalue weighted by atomic mass is 16.4. The number of carbonyl (C=O) groups is 1. The second-order valence-electron chi connectivity index (χ2n) is 5.44. The molecule has 0 saturated carbocycles. The minimum atomic E-state index is -1.05. The Labute approximate surface area is 120 Å². The number of aryl methyl sites for hydroxylation is 1. The largest absolute Gasteiger partial charge is 0.478 e. The van der Waals surface area contributed by atoms with Crippen molar-refractivity contribution in [2.75, 3.05) is 24.6 Å². The fraction of sp³-hybridized carbons (Fsp3) is 0.533. The molecule has 0 saturated heterocycles. The van der Waals surface area contributed by atoms with Gasteiger partial charge in [0.1, 0.15) is 0 Å². The zero-order valence-electron chi connectivity index (χ0n) is 12.3. The molecule has 0 heterocycles. The van der Waals surface area contributed by atoms with Gasteiger partial charge in [-0.25, -0.2) is 4.79 Å². The van der Waals surface area contributed by atoms with Gasteiger partial charge in [0.05, 0.1) is 16.9 Å². The first-order chi connectivity index (χ1) is 9.43. The van der Waals surface area contributed by atoms with Crippen LogP contribution in [0, 0.1) is 5.92 Å². The SMILES string of the molecule is CC(C)CCNCCCc1ccc(C(=O)O)c(N)c1N. The number of nitrogens with one attached hydrogen (secondary N) is 1. The van der Waals surface area contributed by atoms with Crippen LogP contribution < -0.4 is 16.8 Å². The highest BCUT2D eigenvalue weighted by molar-refractivity contribution is 5.97. The molecule has 0 unspecified atom stereocenters. The van der Waals surface area contributed by atoms with Crippen LogP contribution in [0.4, 0.5) is 11.4 Å². The first-order valence-corrected chi connectivity index (χ1v) is 7.04. The molecule has 6 N–H and O–H groups in total. The normalized spacial score (nSPS) is 10.9. The predicted molar refractivity (Wildman–Crippen MR) is 82.9 cm³/mol. The third-order valence-corrected chi connectivity index (χ3v) is 3.31. The van der Waals surface area contributed by atoms with E-state index in [1.807, 2.05) is 0 Å². The molecule has 20 heavy (non-hydrogen) atoms. The molecule has 0 atom stereocenters. The molecular weight excluding hydrogens is 254 g/mol. The first-order valence-electron chi connectivity index (χ1n) is 7.04. The third kappa shape index (κ3) is 4.74. The summed E-state index contributed by atoms with van der Waals surface area (Å²) in [5.41, 5.74) is 13.2. The van der Waals surface area contributed by atoms with Crippen molar-refractivity contribution in [2.45, 2.75) is 33.1 Å². The van der Waals surface area contributed by atoms with Gasteiger partial charge in [-0.1, -0.05) is 19.9 Å². The zero-order valence-corrected chi connectivity index (χ0v) is 12.3.